The number of nitrogens with zero attached hydrogens (tertiary/aromatic N) is 1. The predicted octanol–water partition coefficient (Wildman–Crippen LogP) is 3.89. The molecule has 0 bridgehead atoms. The summed E-state index contributed by atoms with van der Waals surface area (Å²) in [4.78, 5) is 15.1. The van der Waals surface area contributed by atoms with Crippen LogP contribution in [0.1, 0.15) is 29.2 Å². The first-order valence-electron chi connectivity index (χ1n) is 10.9. The lowest BCUT2D eigenvalue weighted by Gasteiger charge is -2.29. The second-order valence-electron chi connectivity index (χ2n) is 8.29. The molecule has 3 aromatic rings. The molecule has 5 nitrogen and oxygen atoms in total. The number of sulfone groups is 1. The Balaban J connectivity index is 1.58. The van der Waals surface area contributed by atoms with E-state index in [1.807, 2.05) is 67.6 Å². The first-order valence-corrected chi connectivity index (χ1v) is 12.7. The molecule has 0 aromatic heterocycles. The van der Waals surface area contributed by atoms with Gasteiger partial charge in [-0.3, -0.25) is 10.1 Å². The van der Waals surface area contributed by atoms with Crippen LogP contribution >= 0.6 is 0 Å². The number of carbonyl (C=O) groups is 1. The summed E-state index contributed by atoms with van der Waals surface area (Å²) in [5.41, 5.74) is 4.05. The number of para-hydroxylation sites is 1. The number of anilines is 1. The van der Waals surface area contributed by atoms with Gasteiger partial charge in [-0.15, -0.1) is 0 Å². The molecule has 166 valence electrons. The molecule has 32 heavy (non-hydrogen) atoms. The Hall–Kier alpha value is -2.96. The lowest BCUT2D eigenvalue weighted by Crippen LogP contribution is -2.46. The van der Waals surface area contributed by atoms with E-state index < -0.39 is 9.84 Å². The summed E-state index contributed by atoms with van der Waals surface area (Å²) in [6.07, 6.45) is 0.461. The van der Waals surface area contributed by atoms with Gasteiger partial charge in [0, 0.05) is 5.69 Å². The summed E-state index contributed by atoms with van der Waals surface area (Å²) >= 11 is 0. The number of carbonyl (C=O) groups excluding carboxylic acids is 1. The first-order chi connectivity index (χ1) is 15.4. The van der Waals surface area contributed by atoms with Crippen LogP contribution in [0.25, 0.3) is 0 Å². The summed E-state index contributed by atoms with van der Waals surface area (Å²) in [6, 6.07) is 27.1. The molecule has 6 heteroatoms. The molecule has 1 N–H and O–H groups in total. The fourth-order valence-corrected chi connectivity index (χ4v) is 5.93. The fraction of sp³-hybridized carbons (Fsp3) is 0.269. The summed E-state index contributed by atoms with van der Waals surface area (Å²) in [6.45, 7) is 2.14. The zero-order chi connectivity index (χ0) is 22.6. The third-order valence-electron chi connectivity index (χ3n) is 5.88. The van der Waals surface area contributed by atoms with Crippen molar-refractivity contribution in [2.75, 3.05) is 23.0 Å². The standard InChI is InChI=1S/C26H28N2O3S/c1-20-12-14-22(15-13-20)26(21-8-4-2-5-9-21)27-18-25(29)28(23-10-6-3-7-11-23)24-16-17-32(30,31)19-24/h2-15,24,26-27H,16-19H2,1H3/t24-,26+/m0/s1. The highest BCUT2D eigenvalue weighted by atomic mass is 32.2. The average Bonchev–Trinajstić information content (AvgIpc) is 3.16. The number of hydrogen-bond donors (Lipinski definition) is 1. The number of amides is 1. The second-order valence-corrected chi connectivity index (χ2v) is 10.5. The van der Waals surface area contributed by atoms with Crippen molar-refractivity contribution in [2.45, 2.75) is 25.4 Å². The van der Waals surface area contributed by atoms with E-state index in [0.717, 1.165) is 16.8 Å². The van der Waals surface area contributed by atoms with E-state index in [2.05, 4.69) is 29.6 Å². The van der Waals surface area contributed by atoms with Crippen LogP contribution in [0, 0.1) is 6.92 Å². The molecule has 0 unspecified atom stereocenters. The minimum Gasteiger partial charge on any atom is -0.307 e. The molecule has 1 fully saturated rings. The van der Waals surface area contributed by atoms with Crippen LogP contribution in [-0.4, -0.2) is 38.4 Å². The van der Waals surface area contributed by atoms with Gasteiger partial charge in [0.1, 0.15) is 0 Å². The van der Waals surface area contributed by atoms with Crippen molar-refractivity contribution in [1.82, 2.24) is 5.32 Å². The van der Waals surface area contributed by atoms with Gasteiger partial charge in [0.15, 0.2) is 9.84 Å². The Labute approximate surface area is 190 Å². The zero-order valence-electron chi connectivity index (χ0n) is 18.1. The largest absolute Gasteiger partial charge is 0.307 e. The monoisotopic (exact) mass is 448 g/mol. The third-order valence-corrected chi connectivity index (χ3v) is 7.63. The van der Waals surface area contributed by atoms with Crippen LogP contribution in [-0.2, 0) is 14.6 Å². The molecule has 0 spiro atoms. The lowest BCUT2D eigenvalue weighted by atomic mass is 9.98. The van der Waals surface area contributed by atoms with Gasteiger partial charge < -0.3 is 4.90 Å². The van der Waals surface area contributed by atoms with Crippen molar-refractivity contribution in [2.24, 2.45) is 0 Å². The Morgan fingerprint density at radius 3 is 2.12 bits per heavy atom. The molecule has 3 aromatic carbocycles. The van der Waals surface area contributed by atoms with Crippen LogP contribution in [0.2, 0.25) is 0 Å². The van der Waals surface area contributed by atoms with E-state index in [1.54, 1.807) is 4.90 Å². The van der Waals surface area contributed by atoms with Crippen LogP contribution in [0.4, 0.5) is 5.69 Å². The maximum atomic E-state index is 13.4. The van der Waals surface area contributed by atoms with Crippen molar-refractivity contribution < 1.29 is 13.2 Å². The highest BCUT2D eigenvalue weighted by Gasteiger charge is 2.35. The smallest absolute Gasteiger partial charge is 0.241 e. The van der Waals surface area contributed by atoms with Gasteiger partial charge in [0.05, 0.1) is 30.1 Å². The fourth-order valence-electron chi connectivity index (χ4n) is 4.23. The van der Waals surface area contributed by atoms with Crippen LogP contribution in [0.3, 0.4) is 0 Å². The minimum absolute atomic E-state index is 0.00765. The molecule has 0 saturated carbocycles. The number of rotatable bonds is 7. The molecule has 0 radical (unpaired) electrons. The Bertz CT molecular complexity index is 1150. The Kier molecular flexibility index (Phi) is 6.72. The van der Waals surface area contributed by atoms with Gasteiger partial charge in [0.25, 0.3) is 0 Å². The minimum atomic E-state index is -3.12. The first kappa shape index (κ1) is 22.2. The van der Waals surface area contributed by atoms with Gasteiger partial charge in [-0.05, 0) is 36.6 Å². The number of hydrogen-bond acceptors (Lipinski definition) is 4. The van der Waals surface area contributed by atoms with E-state index in [0.29, 0.717) is 6.42 Å². The van der Waals surface area contributed by atoms with Gasteiger partial charge in [-0.1, -0.05) is 78.4 Å². The topological polar surface area (TPSA) is 66.5 Å². The van der Waals surface area contributed by atoms with Gasteiger partial charge >= 0.3 is 0 Å². The van der Waals surface area contributed by atoms with E-state index in [-0.39, 0.29) is 36.0 Å². The zero-order valence-corrected chi connectivity index (χ0v) is 19.0. The van der Waals surface area contributed by atoms with Crippen LogP contribution in [0.5, 0.6) is 0 Å². The number of nitrogens with one attached hydrogen (secondary N) is 1. The van der Waals surface area contributed by atoms with Crippen molar-refractivity contribution >= 4 is 21.4 Å². The molecule has 1 heterocycles. The molecule has 1 saturated heterocycles. The Morgan fingerprint density at radius 2 is 1.53 bits per heavy atom. The maximum Gasteiger partial charge on any atom is 0.241 e. The van der Waals surface area contributed by atoms with Gasteiger partial charge in [-0.2, -0.15) is 0 Å². The summed E-state index contributed by atoms with van der Waals surface area (Å²) in [7, 11) is -3.12. The van der Waals surface area contributed by atoms with Crippen LogP contribution in [0.15, 0.2) is 84.9 Å². The Morgan fingerprint density at radius 1 is 0.938 bits per heavy atom. The van der Waals surface area contributed by atoms with Crippen molar-refractivity contribution in [1.29, 1.82) is 0 Å². The normalized spacial score (nSPS) is 18.2. The lowest BCUT2D eigenvalue weighted by molar-refractivity contribution is -0.118. The van der Waals surface area contributed by atoms with Gasteiger partial charge in [-0.25, -0.2) is 8.42 Å². The van der Waals surface area contributed by atoms with E-state index >= 15 is 0 Å². The molecule has 1 aliphatic rings. The number of benzene rings is 3. The van der Waals surface area contributed by atoms with Crippen molar-refractivity contribution in [3.63, 3.8) is 0 Å². The van der Waals surface area contributed by atoms with Crippen LogP contribution < -0.4 is 10.2 Å². The summed E-state index contributed by atoms with van der Waals surface area (Å²) in [5, 5.41) is 3.43. The maximum absolute atomic E-state index is 13.4. The van der Waals surface area contributed by atoms with Crippen molar-refractivity contribution in [3.05, 3.63) is 102 Å². The highest BCUT2D eigenvalue weighted by Crippen LogP contribution is 2.26. The highest BCUT2D eigenvalue weighted by molar-refractivity contribution is 7.91. The molecule has 1 amide bonds. The molecule has 2 atom stereocenters. The summed E-state index contributed by atoms with van der Waals surface area (Å²) in [5.74, 6) is -0.00263. The molecular weight excluding hydrogens is 420 g/mol. The predicted molar refractivity (Wildman–Crippen MR) is 128 cm³/mol. The quantitative estimate of drug-likeness (QED) is 0.595. The second kappa shape index (κ2) is 9.67. The summed E-state index contributed by atoms with van der Waals surface area (Å²) < 4.78 is 24.2. The molecular formula is C26H28N2O3S. The van der Waals surface area contributed by atoms with E-state index in [1.165, 1.54) is 5.56 Å². The van der Waals surface area contributed by atoms with Gasteiger partial charge in [0.2, 0.25) is 5.91 Å². The third kappa shape index (κ3) is 5.26. The van der Waals surface area contributed by atoms with E-state index in [4.69, 9.17) is 0 Å². The molecule has 1 aliphatic heterocycles. The molecule has 4 rings (SSSR count). The number of aryl methyl sites for hydroxylation is 1. The average molecular weight is 449 g/mol. The van der Waals surface area contributed by atoms with E-state index in [9.17, 15) is 13.2 Å². The SMILES string of the molecule is Cc1ccc([C@H](NCC(=O)N(c2ccccc2)[C@H]2CCS(=O)(=O)C2)c2ccccc2)cc1. The molecule has 0 aliphatic carbocycles. The van der Waals surface area contributed by atoms with Crippen molar-refractivity contribution in [3.8, 4) is 0 Å².